The van der Waals surface area contributed by atoms with E-state index in [-0.39, 0.29) is 24.0 Å². The Labute approximate surface area is 153 Å². The summed E-state index contributed by atoms with van der Waals surface area (Å²) in [6.45, 7) is 6.06. The van der Waals surface area contributed by atoms with Crippen molar-refractivity contribution in [2.24, 2.45) is 10.9 Å². The molecular formula is C15H25IN6O. The van der Waals surface area contributed by atoms with Crippen molar-refractivity contribution in [1.29, 1.82) is 0 Å². The smallest absolute Gasteiger partial charge is 0.216 e. The number of halogens is 1. The van der Waals surface area contributed by atoms with E-state index in [1.807, 2.05) is 12.1 Å². The number of aromatic amines is 1. The van der Waals surface area contributed by atoms with Gasteiger partial charge in [-0.05, 0) is 24.5 Å². The average Bonchev–Trinajstić information content (AvgIpc) is 3.16. The molecule has 0 fully saturated rings. The van der Waals surface area contributed by atoms with Gasteiger partial charge in [0.2, 0.25) is 5.82 Å². The Kier molecular flexibility index (Phi) is 8.67. The van der Waals surface area contributed by atoms with Crippen LogP contribution >= 0.6 is 24.0 Å². The molecule has 2 aromatic heterocycles. The lowest BCUT2D eigenvalue weighted by Crippen LogP contribution is -2.39. The largest absolute Gasteiger partial charge is 0.461 e. The topological polar surface area (TPSA) is 91.1 Å². The molecule has 7 nitrogen and oxygen atoms in total. The van der Waals surface area contributed by atoms with Crippen LogP contribution in [0.4, 0.5) is 0 Å². The molecule has 8 heteroatoms. The molecule has 0 atom stereocenters. The van der Waals surface area contributed by atoms with E-state index in [0.717, 1.165) is 37.7 Å². The number of aromatic nitrogens is 3. The molecule has 0 amide bonds. The van der Waals surface area contributed by atoms with Crippen LogP contribution < -0.4 is 10.6 Å². The van der Waals surface area contributed by atoms with E-state index in [1.54, 1.807) is 13.3 Å². The van der Waals surface area contributed by atoms with Crippen molar-refractivity contribution >= 4 is 29.9 Å². The number of H-pyrrole nitrogens is 1. The summed E-state index contributed by atoms with van der Waals surface area (Å²) in [5, 5.41) is 13.6. The van der Waals surface area contributed by atoms with E-state index in [0.29, 0.717) is 17.5 Å². The van der Waals surface area contributed by atoms with Crippen LogP contribution in [0.15, 0.2) is 27.8 Å². The standard InChI is InChI=1S/C15H24N6O.HI/c1-11(2)6-8-17-15(16-3)18-9-7-13-19-14(21-20-13)12-5-4-10-22-12;/h4-5,10-11H,6-9H2,1-3H3,(H2,16,17,18)(H,19,20,21);1H. The van der Waals surface area contributed by atoms with Crippen LogP contribution in [0.1, 0.15) is 26.1 Å². The van der Waals surface area contributed by atoms with Gasteiger partial charge < -0.3 is 15.1 Å². The van der Waals surface area contributed by atoms with Crippen molar-refractivity contribution < 1.29 is 4.42 Å². The van der Waals surface area contributed by atoms with Gasteiger partial charge in [0, 0.05) is 26.6 Å². The number of hydrogen-bond acceptors (Lipinski definition) is 4. The van der Waals surface area contributed by atoms with E-state index in [9.17, 15) is 0 Å². The quantitative estimate of drug-likeness (QED) is 0.355. The molecule has 0 saturated heterocycles. The summed E-state index contributed by atoms with van der Waals surface area (Å²) in [5.41, 5.74) is 0. The maximum Gasteiger partial charge on any atom is 0.216 e. The summed E-state index contributed by atoms with van der Waals surface area (Å²) in [7, 11) is 1.77. The first-order valence-electron chi connectivity index (χ1n) is 7.58. The Morgan fingerprint density at radius 2 is 2.13 bits per heavy atom. The summed E-state index contributed by atoms with van der Waals surface area (Å²) in [6.07, 6.45) is 3.47. The number of hydrogen-bond donors (Lipinski definition) is 3. The molecule has 0 spiro atoms. The van der Waals surface area contributed by atoms with Crippen LogP contribution in [0.25, 0.3) is 11.6 Å². The van der Waals surface area contributed by atoms with Crippen LogP contribution in [-0.2, 0) is 6.42 Å². The minimum Gasteiger partial charge on any atom is -0.461 e. The SMILES string of the molecule is CN=C(NCCc1nc(-c2ccco2)n[nH]1)NCCC(C)C.I. The van der Waals surface area contributed by atoms with Crippen molar-refractivity contribution in [3.05, 3.63) is 24.2 Å². The fraction of sp³-hybridized carbons (Fsp3) is 0.533. The normalized spacial score (nSPS) is 11.4. The molecular weight excluding hydrogens is 407 g/mol. The second-order valence-corrected chi connectivity index (χ2v) is 5.44. The van der Waals surface area contributed by atoms with Crippen molar-refractivity contribution in [3.8, 4) is 11.6 Å². The van der Waals surface area contributed by atoms with Crippen LogP contribution in [0.5, 0.6) is 0 Å². The molecule has 0 aromatic carbocycles. The third-order valence-corrected chi connectivity index (χ3v) is 3.17. The summed E-state index contributed by atoms with van der Waals surface area (Å²) in [4.78, 5) is 8.60. The van der Waals surface area contributed by atoms with Gasteiger partial charge in [-0.15, -0.1) is 24.0 Å². The van der Waals surface area contributed by atoms with Gasteiger partial charge in [0.1, 0.15) is 5.82 Å². The summed E-state index contributed by atoms with van der Waals surface area (Å²) >= 11 is 0. The van der Waals surface area contributed by atoms with E-state index in [4.69, 9.17) is 4.42 Å². The predicted molar refractivity (Wildman–Crippen MR) is 102 cm³/mol. The van der Waals surface area contributed by atoms with Crippen LogP contribution in [0.2, 0.25) is 0 Å². The highest BCUT2D eigenvalue weighted by molar-refractivity contribution is 14.0. The zero-order valence-electron chi connectivity index (χ0n) is 13.8. The monoisotopic (exact) mass is 432 g/mol. The van der Waals surface area contributed by atoms with Crippen molar-refractivity contribution in [2.45, 2.75) is 26.7 Å². The van der Waals surface area contributed by atoms with Crippen molar-refractivity contribution in [1.82, 2.24) is 25.8 Å². The predicted octanol–water partition coefficient (Wildman–Crippen LogP) is 2.44. The lowest BCUT2D eigenvalue weighted by atomic mass is 10.1. The summed E-state index contributed by atoms with van der Waals surface area (Å²) in [5.74, 6) is 3.56. The molecule has 128 valence electrons. The maximum atomic E-state index is 5.27. The average molecular weight is 432 g/mol. The molecule has 2 rings (SSSR count). The Bertz CT molecular complexity index is 579. The highest BCUT2D eigenvalue weighted by Crippen LogP contribution is 2.14. The molecule has 0 bridgehead atoms. The number of rotatable bonds is 7. The second kappa shape index (κ2) is 10.2. The fourth-order valence-electron chi connectivity index (χ4n) is 1.92. The third kappa shape index (κ3) is 6.59. The fourth-order valence-corrected chi connectivity index (χ4v) is 1.92. The van der Waals surface area contributed by atoms with E-state index >= 15 is 0 Å². The Balaban J connectivity index is 0.00000264. The van der Waals surface area contributed by atoms with Crippen molar-refractivity contribution in [3.63, 3.8) is 0 Å². The first kappa shape index (κ1) is 19.5. The van der Waals surface area contributed by atoms with E-state index in [1.165, 1.54) is 0 Å². The van der Waals surface area contributed by atoms with Gasteiger partial charge in [0.25, 0.3) is 0 Å². The molecule has 0 aliphatic heterocycles. The summed E-state index contributed by atoms with van der Waals surface area (Å²) in [6, 6.07) is 3.66. The molecule has 23 heavy (non-hydrogen) atoms. The number of guanidine groups is 1. The van der Waals surface area contributed by atoms with Gasteiger partial charge in [-0.1, -0.05) is 13.8 Å². The summed E-state index contributed by atoms with van der Waals surface area (Å²) < 4.78 is 5.27. The molecule has 0 saturated carbocycles. The van der Waals surface area contributed by atoms with Gasteiger partial charge in [-0.2, -0.15) is 5.10 Å². The van der Waals surface area contributed by atoms with Gasteiger partial charge in [-0.25, -0.2) is 4.98 Å². The molecule has 0 aliphatic rings. The van der Waals surface area contributed by atoms with Crippen LogP contribution in [0, 0.1) is 5.92 Å². The minimum absolute atomic E-state index is 0. The second-order valence-electron chi connectivity index (χ2n) is 5.44. The highest BCUT2D eigenvalue weighted by Gasteiger charge is 2.08. The maximum absolute atomic E-state index is 5.27. The van der Waals surface area contributed by atoms with E-state index in [2.05, 4.69) is 44.7 Å². The molecule has 2 aromatic rings. The number of nitrogens with zero attached hydrogens (tertiary/aromatic N) is 3. The van der Waals surface area contributed by atoms with Crippen molar-refractivity contribution in [2.75, 3.05) is 20.1 Å². The molecule has 3 N–H and O–H groups in total. The lowest BCUT2D eigenvalue weighted by molar-refractivity contribution is 0.573. The zero-order chi connectivity index (χ0) is 15.8. The molecule has 0 aliphatic carbocycles. The number of aliphatic imine (C=N–C) groups is 1. The van der Waals surface area contributed by atoms with Gasteiger partial charge >= 0.3 is 0 Å². The Hall–Kier alpha value is -1.58. The van der Waals surface area contributed by atoms with Gasteiger partial charge in [-0.3, -0.25) is 10.1 Å². The van der Waals surface area contributed by atoms with Crippen LogP contribution in [0.3, 0.4) is 0 Å². The Morgan fingerprint density at radius 1 is 1.35 bits per heavy atom. The van der Waals surface area contributed by atoms with Gasteiger partial charge in [0.15, 0.2) is 11.7 Å². The minimum atomic E-state index is 0. The lowest BCUT2D eigenvalue weighted by Gasteiger charge is -2.12. The van der Waals surface area contributed by atoms with Gasteiger partial charge in [0.05, 0.1) is 6.26 Å². The van der Waals surface area contributed by atoms with Crippen LogP contribution in [-0.4, -0.2) is 41.3 Å². The molecule has 0 radical (unpaired) electrons. The number of nitrogens with one attached hydrogen (secondary N) is 3. The first-order valence-corrected chi connectivity index (χ1v) is 7.58. The Morgan fingerprint density at radius 3 is 2.78 bits per heavy atom. The first-order chi connectivity index (χ1) is 10.7. The zero-order valence-corrected chi connectivity index (χ0v) is 16.1. The number of furan rings is 1. The third-order valence-electron chi connectivity index (χ3n) is 3.17. The molecule has 2 heterocycles. The highest BCUT2D eigenvalue weighted by atomic mass is 127. The molecule has 0 unspecified atom stereocenters. The van der Waals surface area contributed by atoms with E-state index < -0.39 is 0 Å².